The van der Waals surface area contributed by atoms with Crippen LogP contribution in [0.2, 0.25) is 0 Å². The molecular formula is C20H17F3N4O3. The molecule has 1 atom stereocenters. The molecule has 10 heteroatoms. The highest BCUT2D eigenvalue weighted by Gasteiger charge is 2.34. The van der Waals surface area contributed by atoms with Crippen LogP contribution < -0.4 is 15.0 Å². The van der Waals surface area contributed by atoms with E-state index in [1.165, 1.54) is 24.3 Å². The minimum Gasteiger partial charge on any atom is -0.438 e. The molecule has 1 N–H and O–H groups in total. The van der Waals surface area contributed by atoms with Gasteiger partial charge in [0, 0.05) is 19.3 Å². The highest BCUT2D eigenvalue weighted by molar-refractivity contribution is 5.54. The topological polar surface area (TPSA) is 70.4 Å². The zero-order valence-corrected chi connectivity index (χ0v) is 16.0. The molecule has 0 aliphatic carbocycles. The summed E-state index contributed by atoms with van der Waals surface area (Å²) in [7, 11) is 1.83. The molecule has 2 aromatic heterocycles. The van der Waals surface area contributed by atoms with Crippen molar-refractivity contribution >= 4 is 0 Å². The third kappa shape index (κ3) is 4.23. The Kier molecular flexibility index (Phi) is 4.86. The van der Waals surface area contributed by atoms with Gasteiger partial charge in [-0.1, -0.05) is 12.1 Å². The van der Waals surface area contributed by atoms with Crippen molar-refractivity contribution in [3.05, 3.63) is 72.4 Å². The second-order valence-electron chi connectivity index (χ2n) is 6.71. The number of nitrogens with zero attached hydrogens (tertiary/aromatic N) is 3. The summed E-state index contributed by atoms with van der Waals surface area (Å²) < 4.78 is 48.3. The molecule has 3 aromatic rings. The first-order chi connectivity index (χ1) is 14.2. The standard InChI is InChI=1S/C20H17F3N4O3/c1-19(13-3-5-14(6-4-13)29-20(21,22)23)11-18(26-30-19)28-15-7-8-16(24-12-15)17-9-10-25-27(17)2/h3-12,26H,1-2H3/t19-/m1/s1. The SMILES string of the molecule is Cn1nccc1-c1ccc(OC2=C[C@](C)(c3ccc(OC(F)(F)F)cc3)ON2)cn1. The van der Waals surface area contributed by atoms with Crippen LogP contribution in [-0.4, -0.2) is 21.1 Å². The number of hydrogen-bond acceptors (Lipinski definition) is 6. The van der Waals surface area contributed by atoms with Gasteiger partial charge in [-0.25, -0.2) is 5.48 Å². The van der Waals surface area contributed by atoms with Crippen LogP contribution in [0.4, 0.5) is 13.2 Å². The molecule has 3 heterocycles. The number of aryl methyl sites for hydroxylation is 1. The summed E-state index contributed by atoms with van der Waals surface area (Å²) in [6, 6.07) is 10.9. The molecule has 1 aliphatic rings. The molecule has 156 valence electrons. The van der Waals surface area contributed by atoms with Crippen LogP contribution in [0.1, 0.15) is 12.5 Å². The van der Waals surface area contributed by atoms with E-state index in [1.54, 1.807) is 42.2 Å². The molecule has 0 amide bonds. The lowest BCUT2D eigenvalue weighted by Gasteiger charge is -2.20. The molecule has 0 bridgehead atoms. The van der Waals surface area contributed by atoms with Crippen LogP contribution >= 0.6 is 0 Å². The molecule has 0 unspecified atom stereocenters. The molecule has 0 spiro atoms. The first-order valence-corrected chi connectivity index (χ1v) is 8.87. The Labute approximate surface area is 169 Å². The smallest absolute Gasteiger partial charge is 0.438 e. The molecule has 0 fully saturated rings. The number of halogens is 3. The van der Waals surface area contributed by atoms with Gasteiger partial charge in [0.15, 0.2) is 0 Å². The van der Waals surface area contributed by atoms with Crippen molar-refractivity contribution in [1.29, 1.82) is 0 Å². The van der Waals surface area contributed by atoms with Gasteiger partial charge in [0.05, 0.1) is 17.6 Å². The highest BCUT2D eigenvalue weighted by Crippen LogP contribution is 2.34. The van der Waals surface area contributed by atoms with Gasteiger partial charge in [-0.15, -0.1) is 13.2 Å². The number of ether oxygens (including phenoxy) is 2. The fourth-order valence-corrected chi connectivity index (χ4v) is 2.99. The van der Waals surface area contributed by atoms with Gasteiger partial charge >= 0.3 is 6.36 Å². The molecule has 0 radical (unpaired) electrons. The summed E-state index contributed by atoms with van der Waals surface area (Å²) in [4.78, 5) is 9.96. The molecule has 4 rings (SSSR count). The molecule has 0 saturated carbocycles. The number of hydroxylamine groups is 1. The lowest BCUT2D eigenvalue weighted by atomic mass is 9.96. The molecule has 7 nitrogen and oxygen atoms in total. The average Bonchev–Trinajstić information content (AvgIpc) is 3.28. The average molecular weight is 418 g/mol. The van der Waals surface area contributed by atoms with Crippen LogP contribution in [0.15, 0.2) is 66.8 Å². The van der Waals surface area contributed by atoms with Crippen LogP contribution in [-0.2, 0) is 17.5 Å². The van der Waals surface area contributed by atoms with Crippen molar-refractivity contribution in [1.82, 2.24) is 20.2 Å². The summed E-state index contributed by atoms with van der Waals surface area (Å²) in [6.45, 7) is 1.75. The van der Waals surface area contributed by atoms with Crippen molar-refractivity contribution in [3.8, 4) is 22.9 Å². The van der Waals surface area contributed by atoms with Gasteiger partial charge in [-0.2, -0.15) is 5.10 Å². The van der Waals surface area contributed by atoms with E-state index >= 15 is 0 Å². The third-order valence-corrected chi connectivity index (χ3v) is 4.48. The third-order valence-electron chi connectivity index (χ3n) is 4.48. The fourth-order valence-electron chi connectivity index (χ4n) is 2.99. The van der Waals surface area contributed by atoms with Crippen molar-refractivity contribution in [2.75, 3.05) is 0 Å². The summed E-state index contributed by atoms with van der Waals surface area (Å²) in [5.74, 6) is 0.519. The Hall–Kier alpha value is -3.53. The Morgan fingerprint density at radius 3 is 2.40 bits per heavy atom. The Balaban J connectivity index is 1.46. The van der Waals surface area contributed by atoms with Gasteiger partial charge in [0.2, 0.25) is 5.88 Å². The van der Waals surface area contributed by atoms with E-state index in [-0.39, 0.29) is 5.75 Å². The second-order valence-corrected chi connectivity index (χ2v) is 6.71. The van der Waals surface area contributed by atoms with E-state index < -0.39 is 12.0 Å². The van der Waals surface area contributed by atoms with Gasteiger partial charge in [0.25, 0.3) is 0 Å². The van der Waals surface area contributed by atoms with Crippen molar-refractivity contribution in [3.63, 3.8) is 0 Å². The maximum Gasteiger partial charge on any atom is 0.573 e. The van der Waals surface area contributed by atoms with E-state index in [2.05, 4.69) is 20.3 Å². The van der Waals surface area contributed by atoms with Gasteiger partial charge < -0.3 is 9.47 Å². The number of hydrogen-bond donors (Lipinski definition) is 1. The number of pyridine rings is 1. The zero-order valence-electron chi connectivity index (χ0n) is 16.0. The van der Waals surface area contributed by atoms with E-state index in [0.29, 0.717) is 17.2 Å². The molecule has 30 heavy (non-hydrogen) atoms. The van der Waals surface area contributed by atoms with Crippen LogP contribution in [0.25, 0.3) is 11.4 Å². The second kappa shape index (κ2) is 7.38. The number of rotatable bonds is 5. The van der Waals surface area contributed by atoms with E-state index in [1.807, 2.05) is 13.1 Å². The number of alkyl halides is 3. The van der Waals surface area contributed by atoms with Gasteiger partial charge in [-0.05, 0) is 42.8 Å². The number of aromatic nitrogens is 3. The normalized spacial score (nSPS) is 18.6. The van der Waals surface area contributed by atoms with E-state index in [4.69, 9.17) is 9.57 Å². The first-order valence-electron chi connectivity index (χ1n) is 8.87. The van der Waals surface area contributed by atoms with Crippen molar-refractivity contribution < 1.29 is 27.5 Å². The van der Waals surface area contributed by atoms with E-state index in [0.717, 1.165) is 11.4 Å². The maximum atomic E-state index is 12.3. The maximum absolute atomic E-state index is 12.3. The minimum absolute atomic E-state index is 0.305. The first kappa shape index (κ1) is 19.8. The predicted octanol–water partition coefficient (Wildman–Crippen LogP) is 4.05. The van der Waals surface area contributed by atoms with Crippen LogP contribution in [0.5, 0.6) is 11.5 Å². The number of benzene rings is 1. The number of nitrogens with one attached hydrogen (secondary N) is 1. The summed E-state index contributed by atoms with van der Waals surface area (Å²) in [5, 5.41) is 4.11. The Morgan fingerprint density at radius 2 is 1.80 bits per heavy atom. The predicted molar refractivity (Wildman–Crippen MR) is 99.8 cm³/mol. The fraction of sp³-hybridized carbons (Fsp3) is 0.200. The van der Waals surface area contributed by atoms with E-state index in [9.17, 15) is 13.2 Å². The van der Waals surface area contributed by atoms with Gasteiger partial charge in [0.1, 0.15) is 17.1 Å². The summed E-state index contributed by atoms with van der Waals surface area (Å²) in [6.07, 6.45) is 0.206. The zero-order chi connectivity index (χ0) is 21.4. The lowest BCUT2D eigenvalue weighted by molar-refractivity contribution is -0.274. The van der Waals surface area contributed by atoms with Crippen molar-refractivity contribution in [2.45, 2.75) is 18.9 Å². The van der Waals surface area contributed by atoms with Crippen LogP contribution in [0.3, 0.4) is 0 Å². The molecule has 1 aromatic carbocycles. The highest BCUT2D eigenvalue weighted by atomic mass is 19.4. The molecular weight excluding hydrogens is 401 g/mol. The molecule has 1 aliphatic heterocycles. The Bertz CT molecular complexity index is 1060. The summed E-state index contributed by atoms with van der Waals surface area (Å²) >= 11 is 0. The van der Waals surface area contributed by atoms with Crippen LogP contribution in [0, 0.1) is 0 Å². The summed E-state index contributed by atoms with van der Waals surface area (Å²) in [5.41, 5.74) is 3.98. The van der Waals surface area contributed by atoms with Gasteiger partial charge in [-0.3, -0.25) is 14.5 Å². The Morgan fingerprint density at radius 1 is 1.07 bits per heavy atom. The minimum atomic E-state index is -4.74. The quantitative estimate of drug-likeness (QED) is 0.674. The molecule has 0 saturated heterocycles. The van der Waals surface area contributed by atoms with Crippen molar-refractivity contribution in [2.24, 2.45) is 7.05 Å². The lowest BCUT2D eigenvalue weighted by Crippen LogP contribution is -2.23. The largest absolute Gasteiger partial charge is 0.573 e. The monoisotopic (exact) mass is 418 g/mol.